The Morgan fingerprint density at radius 3 is 3.00 bits per heavy atom. The second-order valence-electron chi connectivity index (χ2n) is 7.04. The van der Waals surface area contributed by atoms with Crippen LogP contribution in [0.1, 0.15) is 48.7 Å². The smallest absolute Gasteiger partial charge is 0.275 e. The third-order valence-electron chi connectivity index (χ3n) is 5.28. The van der Waals surface area contributed by atoms with Crippen LogP contribution in [0.15, 0.2) is 23.5 Å². The molecule has 1 aliphatic heterocycles. The molecule has 1 aliphatic rings. The second-order valence-corrected chi connectivity index (χ2v) is 7.04. The number of fused-ring (bicyclic) bond motifs is 1. The Morgan fingerprint density at radius 2 is 2.22 bits per heavy atom. The Balaban J connectivity index is 1.51. The Morgan fingerprint density at radius 1 is 1.37 bits per heavy atom. The van der Waals surface area contributed by atoms with Crippen molar-refractivity contribution in [2.24, 2.45) is 0 Å². The van der Waals surface area contributed by atoms with Crippen molar-refractivity contribution in [3.63, 3.8) is 0 Å². The fourth-order valence-corrected chi connectivity index (χ4v) is 3.68. The first-order valence-electron chi connectivity index (χ1n) is 9.25. The molecular formula is C18H23N7O2. The van der Waals surface area contributed by atoms with E-state index >= 15 is 0 Å². The van der Waals surface area contributed by atoms with Crippen LogP contribution in [0.2, 0.25) is 0 Å². The highest BCUT2D eigenvalue weighted by Crippen LogP contribution is 2.32. The molecule has 9 nitrogen and oxygen atoms in total. The molecule has 0 aromatic carbocycles. The van der Waals surface area contributed by atoms with E-state index in [2.05, 4.69) is 20.2 Å². The van der Waals surface area contributed by atoms with Gasteiger partial charge in [-0.2, -0.15) is 5.10 Å². The third kappa shape index (κ3) is 3.24. The van der Waals surface area contributed by atoms with Gasteiger partial charge in [-0.1, -0.05) is 0 Å². The van der Waals surface area contributed by atoms with Crippen LogP contribution in [0.5, 0.6) is 0 Å². The van der Waals surface area contributed by atoms with Gasteiger partial charge in [0.2, 0.25) is 5.91 Å². The van der Waals surface area contributed by atoms with Crippen molar-refractivity contribution in [2.45, 2.75) is 52.1 Å². The van der Waals surface area contributed by atoms with Crippen LogP contribution >= 0.6 is 0 Å². The van der Waals surface area contributed by atoms with Gasteiger partial charge in [-0.25, -0.2) is 14.5 Å². The molecule has 1 N–H and O–H groups in total. The molecule has 4 rings (SSSR count). The van der Waals surface area contributed by atoms with Crippen LogP contribution in [-0.4, -0.2) is 46.7 Å². The summed E-state index contributed by atoms with van der Waals surface area (Å²) in [6.45, 7) is 5.03. The quantitative estimate of drug-likeness (QED) is 0.732. The number of carbonyl (C=O) groups excluding carboxylic acids is 1. The van der Waals surface area contributed by atoms with E-state index in [-0.39, 0.29) is 17.5 Å². The van der Waals surface area contributed by atoms with Gasteiger partial charge in [-0.05, 0) is 33.1 Å². The number of nitrogens with one attached hydrogen (secondary N) is 1. The molecule has 142 valence electrons. The number of carbonyl (C=O) groups is 1. The minimum Gasteiger partial charge on any atom is -0.334 e. The first kappa shape index (κ1) is 17.4. The zero-order valence-corrected chi connectivity index (χ0v) is 15.6. The second kappa shape index (κ2) is 6.98. The Bertz CT molecular complexity index is 1020. The molecule has 0 unspecified atom stereocenters. The van der Waals surface area contributed by atoms with Crippen molar-refractivity contribution in [1.82, 2.24) is 34.3 Å². The van der Waals surface area contributed by atoms with Crippen LogP contribution in [-0.2, 0) is 11.3 Å². The van der Waals surface area contributed by atoms with E-state index in [9.17, 15) is 9.59 Å². The lowest BCUT2D eigenvalue weighted by atomic mass is 10.1. The lowest BCUT2D eigenvalue weighted by Gasteiger charge is -2.23. The summed E-state index contributed by atoms with van der Waals surface area (Å²) in [7, 11) is 0. The van der Waals surface area contributed by atoms with Crippen molar-refractivity contribution in [1.29, 1.82) is 0 Å². The predicted molar refractivity (Wildman–Crippen MR) is 98.2 cm³/mol. The summed E-state index contributed by atoms with van der Waals surface area (Å²) >= 11 is 0. The van der Waals surface area contributed by atoms with Crippen LogP contribution in [0.4, 0.5) is 0 Å². The SMILES string of the molecule is Cc1nc2cc([C@H]3CCCN3C(=O)CCCn3cncn3)[nH]n2c(=O)c1C. The maximum atomic E-state index is 12.7. The number of hydrogen-bond acceptors (Lipinski definition) is 5. The normalized spacial score (nSPS) is 17.1. The molecule has 0 spiro atoms. The van der Waals surface area contributed by atoms with E-state index in [1.165, 1.54) is 10.8 Å². The van der Waals surface area contributed by atoms with Gasteiger partial charge in [0.15, 0.2) is 5.65 Å². The summed E-state index contributed by atoms with van der Waals surface area (Å²) in [6, 6.07) is 1.85. The molecule has 4 heterocycles. The molecule has 3 aromatic rings. The average molecular weight is 369 g/mol. The topological polar surface area (TPSA) is 101 Å². The van der Waals surface area contributed by atoms with E-state index in [0.717, 1.165) is 37.2 Å². The first-order valence-corrected chi connectivity index (χ1v) is 9.25. The summed E-state index contributed by atoms with van der Waals surface area (Å²) in [5, 5.41) is 7.22. The Hall–Kier alpha value is -2.97. The molecular weight excluding hydrogens is 346 g/mol. The number of likely N-dealkylation sites (tertiary alicyclic amines) is 1. The minimum atomic E-state index is -0.0903. The average Bonchev–Trinajstić information content (AvgIpc) is 3.39. The van der Waals surface area contributed by atoms with E-state index < -0.39 is 0 Å². The van der Waals surface area contributed by atoms with E-state index in [4.69, 9.17) is 0 Å². The molecule has 0 aliphatic carbocycles. The minimum absolute atomic E-state index is 0.0365. The van der Waals surface area contributed by atoms with Crippen molar-refractivity contribution < 1.29 is 4.79 Å². The molecule has 0 radical (unpaired) electrons. The number of H-pyrrole nitrogens is 1. The molecule has 1 amide bonds. The van der Waals surface area contributed by atoms with Gasteiger partial charge in [0.25, 0.3) is 5.56 Å². The van der Waals surface area contributed by atoms with Crippen LogP contribution in [0.25, 0.3) is 5.65 Å². The largest absolute Gasteiger partial charge is 0.334 e. The van der Waals surface area contributed by atoms with Gasteiger partial charge in [0.05, 0.1) is 11.7 Å². The van der Waals surface area contributed by atoms with Crippen LogP contribution in [0, 0.1) is 13.8 Å². The van der Waals surface area contributed by atoms with Crippen molar-refractivity contribution >= 4 is 11.6 Å². The summed E-state index contributed by atoms with van der Waals surface area (Å²) in [6.07, 6.45) is 6.17. The van der Waals surface area contributed by atoms with Gasteiger partial charge < -0.3 is 4.90 Å². The highest BCUT2D eigenvalue weighted by molar-refractivity contribution is 5.77. The van der Waals surface area contributed by atoms with Gasteiger partial charge >= 0.3 is 0 Å². The van der Waals surface area contributed by atoms with Gasteiger partial charge in [-0.3, -0.25) is 19.4 Å². The molecule has 9 heteroatoms. The number of aromatic amines is 1. The molecule has 0 bridgehead atoms. The van der Waals surface area contributed by atoms with E-state index in [0.29, 0.717) is 24.2 Å². The molecule has 1 atom stereocenters. The standard InChI is InChI=1S/C18H23N7O2/c1-12-13(2)21-16-9-14(22-25(16)18(12)27)15-5-3-8-24(15)17(26)6-4-7-23-11-19-10-20-23/h9-11,15,22H,3-8H2,1-2H3/t15-/m1/s1. The van der Waals surface area contributed by atoms with E-state index in [1.807, 2.05) is 17.9 Å². The van der Waals surface area contributed by atoms with Gasteiger partial charge in [0, 0.05) is 36.8 Å². The predicted octanol–water partition coefficient (Wildman–Crippen LogP) is 1.37. The number of aryl methyl sites for hydroxylation is 2. The zero-order chi connectivity index (χ0) is 19.0. The van der Waals surface area contributed by atoms with Crippen molar-refractivity contribution in [2.75, 3.05) is 6.54 Å². The van der Waals surface area contributed by atoms with E-state index in [1.54, 1.807) is 17.9 Å². The molecule has 0 saturated carbocycles. The van der Waals surface area contributed by atoms with Crippen LogP contribution < -0.4 is 5.56 Å². The summed E-state index contributed by atoms with van der Waals surface area (Å²) < 4.78 is 3.21. The maximum absolute atomic E-state index is 12.7. The Labute approximate surface area is 156 Å². The summed E-state index contributed by atoms with van der Waals surface area (Å²) in [5.41, 5.74) is 2.74. The number of hydrogen-bond donors (Lipinski definition) is 1. The molecule has 1 fully saturated rings. The monoisotopic (exact) mass is 369 g/mol. The lowest BCUT2D eigenvalue weighted by Crippen LogP contribution is -2.31. The van der Waals surface area contributed by atoms with Crippen molar-refractivity contribution in [3.8, 4) is 0 Å². The fourth-order valence-electron chi connectivity index (χ4n) is 3.68. The van der Waals surface area contributed by atoms with Gasteiger partial charge in [0.1, 0.15) is 12.7 Å². The molecule has 1 saturated heterocycles. The lowest BCUT2D eigenvalue weighted by molar-refractivity contribution is -0.132. The van der Waals surface area contributed by atoms with Crippen LogP contribution in [0.3, 0.4) is 0 Å². The maximum Gasteiger partial charge on any atom is 0.275 e. The van der Waals surface area contributed by atoms with Crippen molar-refractivity contribution in [3.05, 3.63) is 46.0 Å². The zero-order valence-electron chi connectivity index (χ0n) is 15.6. The molecule has 27 heavy (non-hydrogen) atoms. The number of nitrogens with zero attached hydrogens (tertiary/aromatic N) is 6. The molecule has 3 aromatic heterocycles. The summed E-state index contributed by atoms with van der Waals surface area (Å²) in [5.74, 6) is 0.129. The summed E-state index contributed by atoms with van der Waals surface area (Å²) in [4.78, 5) is 35.5. The Kier molecular flexibility index (Phi) is 4.51. The first-order chi connectivity index (χ1) is 13.0. The number of aromatic nitrogens is 6. The third-order valence-corrected chi connectivity index (χ3v) is 5.28. The highest BCUT2D eigenvalue weighted by Gasteiger charge is 2.31. The number of rotatable bonds is 5. The highest BCUT2D eigenvalue weighted by atomic mass is 16.2. The number of amides is 1. The fraction of sp³-hybridized carbons (Fsp3) is 0.500. The van der Waals surface area contributed by atoms with Gasteiger partial charge in [-0.15, -0.1) is 0 Å².